The van der Waals surface area contributed by atoms with Gasteiger partial charge in [0.2, 0.25) is 0 Å². The second-order valence-corrected chi connectivity index (χ2v) is 8.20. The lowest BCUT2D eigenvalue weighted by Crippen LogP contribution is -2.49. The van der Waals surface area contributed by atoms with E-state index in [1.165, 1.54) is 18.2 Å². The maximum Gasteiger partial charge on any atom is 0.272 e. The molecule has 2 aliphatic heterocycles. The fourth-order valence-electron chi connectivity index (χ4n) is 4.79. The van der Waals surface area contributed by atoms with Gasteiger partial charge in [-0.05, 0) is 63.4 Å². The van der Waals surface area contributed by atoms with Crippen LogP contribution in [0, 0.1) is 11.6 Å². The van der Waals surface area contributed by atoms with Gasteiger partial charge in [-0.25, -0.2) is 13.8 Å². The van der Waals surface area contributed by atoms with Crippen LogP contribution in [0.25, 0.3) is 0 Å². The van der Waals surface area contributed by atoms with Crippen molar-refractivity contribution >= 4 is 11.6 Å². The second kappa shape index (κ2) is 6.29. The highest BCUT2D eigenvalue weighted by Crippen LogP contribution is 2.47. The van der Waals surface area contributed by atoms with Crippen LogP contribution in [-0.4, -0.2) is 40.0 Å². The molecule has 4 rings (SSSR count). The van der Waals surface area contributed by atoms with Crippen molar-refractivity contribution in [3.63, 3.8) is 0 Å². The molecule has 2 fully saturated rings. The number of carbonyl (C=O) groups is 1. The minimum absolute atomic E-state index is 0.163. The van der Waals surface area contributed by atoms with Gasteiger partial charge in [0.05, 0.1) is 11.7 Å². The largest absolute Gasteiger partial charge is 0.364 e. The Morgan fingerprint density at radius 3 is 2.67 bits per heavy atom. The summed E-state index contributed by atoms with van der Waals surface area (Å²) in [5.74, 6) is -0.884. The Morgan fingerprint density at radius 1 is 1.15 bits per heavy atom. The highest BCUT2D eigenvalue weighted by molar-refractivity contribution is 5.93. The lowest BCUT2D eigenvalue weighted by Gasteiger charge is -2.35. The Hall–Kier alpha value is -2.50. The number of hydrogen-bond acceptors (Lipinski definition) is 3. The van der Waals surface area contributed by atoms with Crippen LogP contribution in [0.4, 0.5) is 14.5 Å². The first-order valence-electron chi connectivity index (χ1n) is 9.28. The zero-order valence-electron chi connectivity index (χ0n) is 15.6. The monoisotopic (exact) mass is 371 g/mol. The summed E-state index contributed by atoms with van der Waals surface area (Å²) in [5, 5.41) is 0. The van der Waals surface area contributed by atoms with E-state index in [-0.39, 0.29) is 28.5 Å². The van der Waals surface area contributed by atoms with Crippen molar-refractivity contribution in [2.24, 2.45) is 0 Å². The van der Waals surface area contributed by atoms with Crippen LogP contribution in [0.1, 0.15) is 43.6 Å². The summed E-state index contributed by atoms with van der Waals surface area (Å²) in [5.41, 5.74) is 0.561. The second-order valence-electron chi connectivity index (χ2n) is 8.20. The number of aromatic nitrogens is 1. The number of halogens is 2. The van der Waals surface area contributed by atoms with Crippen molar-refractivity contribution in [3.05, 3.63) is 59.9 Å². The molecule has 0 saturated carbocycles. The number of benzene rings is 1. The molecule has 0 aliphatic carbocycles. The maximum absolute atomic E-state index is 13.8. The zero-order valence-corrected chi connectivity index (χ0v) is 15.6. The SMILES string of the molecule is CC1(C)CC2(CCCN2C(=O)c2ccc(F)cn2)CN1c1cccc(F)c1. The van der Waals surface area contributed by atoms with E-state index in [2.05, 4.69) is 23.7 Å². The molecule has 1 aromatic heterocycles. The molecule has 6 heteroatoms. The average Bonchev–Trinajstić information content (AvgIpc) is 3.14. The van der Waals surface area contributed by atoms with Crippen LogP contribution >= 0.6 is 0 Å². The highest BCUT2D eigenvalue weighted by Gasteiger charge is 2.55. The van der Waals surface area contributed by atoms with Crippen LogP contribution < -0.4 is 4.90 Å². The van der Waals surface area contributed by atoms with Gasteiger partial charge in [-0.3, -0.25) is 4.79 Å². The lowest BCUT2D eigenvalue weighted by molar-refractivity contribution is 0.0611. The Labute approximate surface area is 157 Å². The van der Waals surface area contributed by atoms with Crippen LogP contribution in [0.2, 0.25) is 0 Å². The first kappa shape index (κ1) is 17.9. The number of pyridine rings is 1. The fraction of sp³-hybridized carbons (Fsp3) is 0.429. The van der Waals surface area contributed by atoms with Crippen molar-refractivity contribution in [3.8, 4) is 0 Å². The fourth-order valence-corrected chi connectivity index (χ4v) is 4.79. The van der Waals surface area contributed by atoms with Crippen molar-refractivity contribution in [2.75, 3.05) is 18.0 Å². The van der Waals surface area contributed by atoms with Gasteiger partial charge in [0.15, 0.2) is 0 Å². The topological polar surface area (TPSA) is 36.4 Å². The van der Waals surface area contributed by atoms with E-state index in [9.17, 15) is 13.6 Å². The van der Waals surface area contributed by atoms with Crippen LogP contribution in [0.5, 0.6) is 0 Å². The molecular weight excluding hydrogens is 348 g/mol. The van der Waals surface area contributed by atoms with Crippen LogP contribution in [-0.2, 0) is 0 Å². The molecule has 142 valence electrons. The smallest absolute Gasteiger partial charge is 0.272 e. The summed E-state index contributed by atoms with van der Waals surface area (Å²) in [7, 11) is 0. The summed E-state index contributed by atoms with van der Waals surface area (Å²) in [6.45, 7) is 5.56. The van der Waals surface area contributed by atoms with E-state index in [4.69, 9.17) is 0 Å². The summed E-state index contributed by atoms with van der Waals surface area (Å²) in [4.78, 5) is 21.2. The predicted octanol–water partition coefficient (Wildman–Crippen LogP) is 4.02. The normalized spacial score (nSPS) is 24.0. The van der Waals surface area contributed by atoms with Crippen LogP contribution in [0.15, 0.2) is 42.6 Å². The third kappa shape index (κ3) is 3.07. The van der Waals surface area contributed by atoms with Gasteiger partial charge in [-0.2, -0.15) is 0 Å². The lowest BCUT2D eigenvalue weighted by atomic mass is 9.87. The van der Waals surface area contributed by atoms with Crippen molar-refractivity contribution in [1.82, 2.24) is 9.88 Å². The summed E-state index contributed by atoms with van der Waals surface area (Å²) in [6, 6.07) is 9.31. The van der Waals surface area contributed by atoms with Gasteiger partial charge in [0, 0.05) is 24.3 Å². The molecule has 1 atom stereocenters. The van der Waals surface area contributed by atoms with Gasteiger partial charge >= 0.3 is 0 Å². The predicted molar refractivity (Wildman–Crippen MR) is 99.6 cm³/mol. The number of hydrogen-bond donors (Lipinski definition) is 0. The van der Waals surface area contributed by atoms with Crippen LogP contribution in [0.3, 0.4) is 0 Å². The molecular formula is C21H23F2N3O. The third-order valence-electron chi connectivity index (χ3n) is 5.85. The molecule has 1 aromatic carbocycles. The van der Waals surface area contributed by atoms with Gasteiger partial charge in [-0.1, -0.05) is 6.07 Å². The molecule has 2 aromatic rings. The van der Waals surface area contributed by atoms with E-state index in [0.717, 1.165) is 31.1 Å². The number of carbonyl (C=O) groups excluding carboxylic acids is 1. The van der Waals surface area contributed by atoms with E-state index in [0.29, 0.717) is 13.1 Å². The molecule has 0 bridgehead atoms. The third-order valence-corrected chi connectivity index (χ3v) is 5.85. The Kier molecular flexibility index (Phi) is 4.17. The van der Waals surface area contributed by atoms with Crippen molar-refractivity contribution in [1.29, 1.82) is 0 Å². The first-order chi connectivity index (χ1) is 12.8. The first-order valence-corrected chi connectivity index (χ1v) is 9.28. The molecule has 1 amide bonds. The molecule has 4 nitrogen and oxygen atoms in total. The number of amides is 1. The highest BCUT2D eigenvalue weighted by atomic mass is 19.1. The van der Waals surface area contributed by atoms with Crippen molar-refractivity contribution in [2.45, 2.75) is 44.2 Å². The Balaban J connectivity index is 1.66. The molecule has 3 heterocycles. The van der Waals surface area contributed by atoms with Gasteiger partial charge < -0.3 is 9.80 Å². The van der Waals surface area contributed by atoms with E-state index < -0.39 is 5.82 Å². The molecule has 1 spiro atoms. The number of rotatable bonds is 2. The van der Waals surface area contributed by atoms with E-state index in [1.54, 1.807) is 12.1 Å². The minimum atomic E-state index is -0.457. The minimum Gasteiger partial charge on any atom is -0.364 e. The maximum atomic E-state index is 13.8. The molecule has 0 N–H and O–H groups in total. The molecule has 0 radical (unpaired) electrons. The number of nitrogens with zero attached hydrogens (tertiary/aromatic N) is 3. The van der Waals surface area contributed by atoms with Gasteiger partial charge in [0.25, 0.3) is 5.91 Å². The standard InChI is InChI=1S/C21H23F2N3O/c1-20(2)13-21(14-26(20)17-6-3-5-15(22)11-17)9-4-10-25(21)19(27)18-8-7-16(23)12-24-18/h3,5-8,11-12H,4,9-10,13-14H2,1-2H3. The van der Waals surface area contributed by atoms with Crippen molar-refractivity contribution < 1.29 is 13.6 Å². The van der Waals surface area contributed by atoms with Gasteiger partial charge in [0.1, 0.15) is 17.3 Å². The zero-order chi connectivity index (χ0) is 19.2. The number of likely N-dealkylation sites (tertiary alicyclic amines) is 1. The average molecular weight is 371 g/mol. The summed E-state index contributed by atoms with van der Waals surface area (Å²) < 4.78 is 26.9. The van der Waals surface area contributed by atoms with Gasteiger partial charge in [-0.15, -0.1) is 0 Å². The molecule has 27 heavy (non-hydrogen) atoms. The summed E-state index contributed by atoms with van der Waals surface area (Å²) in [6.07, 6.45) is 3.69. The Morgan fingerprint density at radius 2 is 1.96 bits per heavy atom. The summed E-state index contributed by atoms with van der Waals surface area (Å²) >= 11 is 0. The Bertz CT molecular complexity index is 868. The number of anilines is 1. The van der Waals surface area contributed by atoms with E-state index in [1.807, 2.05) is 11.0 Å². The molecule has 2 saturated heterocycles. The molecule has 1 unspecified atom stereocenters. The molecule has 2 aliphatic rings. The van der Waals surface area contributed by atoms with E-state index >= 15 is 0 Å². The quantitative estimate of drug-likeness (QED) is 0.800.